The lowest BCUT2D eigenvalue weighted by atomic mass is 10.1. The molecule has 2 fully saturated rings. The summed E-state index contributed by atoms with van der Waals surface area (Å²) in [4.78, 5) is 23.3. The zero-order valence-corrected chi connectivity index (χ0v) is 17.7. The fraction of sp³-hybridized carbons (Fsp3) is 0.750. The predicted octanol–water partition coefficient (Wildman–Crippen LogP) is 0.448. The van der Waals surface area contributed by atoms with Gasteiger partial charge in [-0.3, -0.25) is 4.99 Å². The molecule has 0 radical (unpaired) electrons. The molecule has 156 valence electrons. The molecule has 3 heterocycles. The Morgan fingerprint density at radius 2 is 1.75 bits per heavy atom. The molecule has 2 aliphatic heterocycles. The quantitative estimate of drug-likeness (QED) is 0.561. The number of anilines is 1. The highest BCUT2D eigenvalue weighted by Crippen LogP contribution is 2.10. The van der Waals surface area contributed by atoms with Crippen LogP contribution in [0.15, 0.2) is 23.5 Å². The fourth-order valence-corrected chi connectivity index (χ4v) is 3.77. The van der Waals surface area contributed by atoms with Crippen LogP contribution in [0.2, 0.25) is 0 Å². The van der Waals surface area contributed by atoms with E-state index in [9.17, 15) is 0 Å². The summed E-state index contributed by atoms with van der Waals surface area (Å²) in [6.07, 6.45) is 3.62. The molecule has 1 aromatic heterocycles. The van der Waals surface area contributed by atoms with Crippen LogP contribution in [0.5, 0.6) is 0 Å². The van der Waals surface area contributed by atoms with Crippen molar-refractivity contribution in [2.45, 2.75) is 13.8 Å². The predicted molar refractivity (Wildman–Crippen MR) is 115 cm³/mol. The number of hydrogen-bond donors (Lipinski definition) is 1. The molecule has 0 aromatic carbocycles. The summed E-state index contributed by atoms with van der Waals surface area (Å²) in [6, 6.07) is 1.86. The van der Waals surface area contributed by atoms with E-state index in [4.69, 9.17) is 4.99 Å². The highest BCUT2D eigenvalue weighted by atomic mass is 15.4. The van der Waals surface area contributed by atoms with Crippen molar-refractivity contribution in [3.05, 3.63) is 18.5 Å². The van der Waals surface area contributed by atoms with Gasteiger partial charge in [0.25, 0.3) is 0 Å². The molecule has 2 aliphatic rings. The molecule has 28 heavy (non-hydrogen) atoms. The van der Waals surface area contributed by atoms with E-state index in [1.165, 1.54) is 26.2 Å². The maximum Gasteiger partial charge on any atom is 0.225 e. The first kappa shape index (κ1) is 20.8. The second-order valence-corrected chi connectivity index (χ2v) is 7.93. The van der Waals surface area contributed by atoms with Gasteiger partial charge in [0.2, 0.25) is 5.95 Å². The zero-order valence-electron chi connectivity index (χ0n) is 17.7. The molecule has 0 aliphatic carbocycles. The summed E-state index contributed by atoms with van der Waals surface area (Å²) >= 11 is 0. The Labute approximate surface area is 169 Å². The molecule has 1 aromatic rings. The van der Waals surface area contributed by atoms with Crippen LogP contribution in [0.4, 0.5) is 5.95 Å². The van der Waals surface area contributed by atoms with Crippen LogP contribution in [0.3, 0.4) is 0 Å². The third-order valence-corrected chi connectivity index (χ3v) is 5.47. The number of aromatic nitrogens is 2. The van der Waals surface area contributed by atoms with Gasteiger partial charge in [-0.2, -0.15) is 0 Å². The third-order valence-electron chi connectivity index (χ3n) is 5.47. The number of nitrogens with one attached hydrogen (secondary N) is 1. The number of rotatable bonds is 6. The van der Waals surface area contributed by atoms with Gasteiger partial charge in [0.05, 0.1) is 0 Å². The van der Waals surface area contributed by atoms with E-state index in [0.717, 1.165) is 57.7 Å². The number of nitrogens with zero attached hydrogens (tertiary/aromatic N) is 7. The first-order valence-electron chi connectivity index (χ1n) is 10.6. The van der Waals surface area contributed by atoms with Crippen molar-refractivity contribution in [2.75, 3.05) is 83.9 Å². The number of hydrogen-bond acceptors (Lipinski definition) is 6. The lowest BCUT2D eigenvalue weighted by molar-refractivity contribution is 0.140. The van der Waals surface area contributed by atoms with Gasteiger partial charge in [-0.1, -0.05) is 6.92 Å². The monoisotopic (exact) mass is 388 g/mol. The van der Waals surface area contributed by atoms with Crippen LogP contribution in [0.1, 0.15) is 13.8 Å². The van der Waals surface area contributed by atoms with Crippen molar-refractivity contribution in [2.24, 2.45) is 10.9 Å². The number of aliphatic imine (C=N–C) groups is 1. The van der Waals surface area contributed by atoms with E-state index >= 15 is 0 Å². The molecule has 0 saturated carbocycles. The lowest BCUT2D eigenvalue weighted by Crippen LogP contribution is -2.53. The maximum atomic E-state index is 4.96. The number of piperazine rings is 2. The molecular weight excluding hydrogens is 352 g/mol. The first-order chi connectivity index (χ1) is 13.7. The smallest absolute Gasteiger partial charge is 0.225 e. The van der Waals surface area contributed by atoms with Gasteiger partial charge in [0, 0.05) is 84.4 Å². The van der Waals surface area contributed by atoms with E-state index in [0.29, 0.717) is 5.92 Å². The highest BCUT2D eigenvalue weighted by molar-refractivity contribution is 5.80. The molecule has 8 nitrogen and oxygen atoms in total. The van der Waals surface area contributed by atoms with Crippen molar-refractivity contribution < 1.29 is 0 Å². The Morgan fingerprint density at radius 3 is 2.39 bits per heavy atom. The Bertz CT molecular complexity index is 591. The van der Waals surface area contributed by atoms with Gasteiger partial charge >= 0.3 is 0 Å². The molecule has 0 bridgehead atoms. The lowest BCUT2D eigenvalue weighted by Gasteiger charge is -2.36. The zero-order chi connectivity index (χ0) is 19.8. The highest BCUT2D eigenvalue weighted by Gasteiger charge is 2.21. The summed E-state index contributed by atoms with van der Waals surface area (Å²) in [5.41, 5.74) is 0. The van der Waals surface area contributed by atoms with Crippen molar-refractivity contribution >= 4 is 11.9 Å². The summed E-state index contributed by atoms with van der Waals surface area (Å²) in [6.45, 7) is 15.8. The van der Waals surface area contributed by atoms with Crippen molar-refractivity contribution in [3.8, 4) is 0 Å². The molecule has 8 heteroatoms. The fourth-order valence-electron chi connectivity index (χ4n) is 3.77. The second kappa shape index (κ2) is 10.6. The van der Waals surface area contributed by atoms with Crippen LogP contribution in [-0.2, 0) is 0 Å². The Hall–Kier alpha value is -1.93. The summed E-state index contributed by atoms with van der Waals surface area (Å²) in [7, 11) is 2.21. The standard InChI is InChI=1S/C20H36N8/c1-4-21-19(24-16-18(2)17-26-10-8-25(3)9-11-26)27-12-14-28(15-13-27)20-22-6-5-7-23-20/h5-7,18H,4,8-17H2,1-3H3,(H,21,24). The first-order valence-corrected chi connectivity index (χ1v) is 10.6. The van der Waals surface area contributed by atoms with Crippen LogP contribution >= 0.6 is 0 Å². The maximum absolute atomic E-state index is 4.96. The molecule has 1 N–H and O–H groups in total. The van der Waals surface area contributed by atoms with E-state index < -0.39 is 0 Å². The minimum Gasteiger partial charge on any atom is -0.357 e. The van der Waals surface area contributed by atoms with Crippen LogP contribution in [-0.4, -0.2) is 110 Å². The summed E-state index contributed by atoms with van der Waals surface area (Å²) in [5.74, 6) is 2.43. The molecule has 0 spiro atoms. The third kappa shape index (κ3) is 6.04. The van der Waals surface area contributed by atoms with E-state index in [1.807, 2.05) is 18.5 Å². The Balaban J connectivity index is 1.48. The second-order valence-electron chi connectivity index (χ2n) is 7.93. The van der Waals surface area contributed by atoms with Gasteiger partial charge < -0.3 is 24.9 Å². The minimum atomic E-state index is 0.566. The molecule has 0 amide bonds. The van der Waals surface area contributed by atoms with Crippen LogP contribution in [0.25, 0.3) is 0 Å². The Kier molecular flexibility index (Phi) is 7.85. The van der Waals surface area contributed by atoms with Gasteiger partial charge in [0.15, 0.2) is 5.96 Å². The summed E-state index contributed by atoms with van der Waals surface area (Å²) < 4.78 is 0. The largest absolute Gasteiger partial charge is 0.357 e. The number of likely N-dealkylation sites (N-methyl/N-ethyl adjacent to an activating group) is 1. The van der Waals surface area contributed by atoms with Gasteiger partial charge in [-0.15, -0.1) is 0 Å². The molecule has 1 unspecified atom stereocenters. The normalized spacial score (nSPS) is 21.0. The molecule has 3 rings (SSSR count). The topological polar surface area (TPSA) is 63.1 Å². The average molecular weight is 389 g/mol. The van der Waals surface area contributed by atoms with Gasteiger partial charge in [-0.05, 0) is 26.0 Å². The SMILES string of the molecule is CCNC(=NCC(C)CN1CCN(C)CC1)N1CCN(c2ncccn2)CC1. The van der Waals surface area contributed by atoms with Crippen molar-refractivity contribution in [1.82, 2.24) is 30.0 Å². The van der Waals surface area contributed by atoms with E-state index in [-0.39, 0.29) is 0 Å². The van der Waals surface area contributed by atoms with Gasteiger partial charge in [-0.25, -0.2) is 9.97 Å². The molecule has 2 saturated heterocycles. The van der Waals surface area contributed by atoms with Crippen LogP contribution in [0, 0.1) is 5.92 Å². The minimum absolute atomic E-state index is 0.566. The van der Waals surface area contributed by atoms with E-state index in [1.54, 1.807) is 0 Å². The molecule has 1 atom stereocenters. The molecular formula is C20H36N8. The van der Waals surface area contributed by atoms with E-state index in [2.05, 4.69) is 55.8 Å². The van der Waals surface area contributed by atoms with Crippen LogP contribution < -0.4 is 10.2 Å². The Morgan fingerprint density at radius 1 is 1.07 bits per heavy atom. The summed E-state index contributed by atoms with van der Waals surface area (Å²) in [5, 5.41) is 3.48. The average Bonchev–Trinajstić information content (AvgIpc) is 2.73. The van der Waals surface area contributed by atoms with Crippen molar-refractivity contribution in [1.29, 1.82) is 0 Å². The van der Waals surface area contributed by atoms with Gasteiger partial charge in [0.1, 0.15) is 0 Å². The van der Waals surface area contributed by atoms with Crippen molar-refractivity contribution in [3.63, 3.8) is 0 Å². The number of guanidine groups is 1.